The molecule has 0 spiro atoms. The highest BCUT2D eigenvalue weighted by Gasteiger charge is 2.53. The average molecular weight is 353 g/mol. The fourth-order valence-corrected chi connectivity index (χ4v) is 2.07. The van der Waals surface area contributed by atoms with Crippen LogP contribution in [0.5, 0.6) is 0 Å². The standard InChI is InChI=1S/C13H27N3.HI/c1-7-8-9-15-11(14-6)16-10-12(2,3)13(16,4)5;/h7-10H2,1-6H3,(H,14,15);1H. The van der Waals surface area contributed by atoms with Gasteiger partial charge in [0.2, 0.25) is 0 Å². The second-order valence-electron chi connectivity index (χ2n) is 5.86. The van der Waals surface area contributed by atoms with Crippen LogP contribution in [0, 0.1) is 5.41 Å². The summed E-state index contributed by atoms with van der Waals surface area (Å²) in [6.07, 6.45) is 2.43. The van der Waals surface area contributed by atoms with Crippen LogP contribution in [0.4, 0.5) is 0 Å². The van der Waals surface area contributed by atoms with Crippen molar-refractivity contribution in [1.29, 1.82) is 0 Å². The van der Waals surface area contributed by atoms with Crippen LogP contribution in [0.2, 0.25) is 0 Å². The lowest BCUT2D eigenvalue weighted by atomic mass is 9.65. The lowest BCUT2D eigenvalue weighted by Crippen LogP contribution is -2.72. The van der Waals surface area contributed by atoms with E-state index in [4.69, 9.17) is 0 Å². The first-order valence-electron chi connectivity index (χ1n) is 6.35. The number of likely N-dealkylation sites (tertiary alicyclic amines) is 1. The Labute approximate surface area is 123 Å². The molecule has 4 heteroatoms. The third kappa shape index (κ3) is 3.26. The van der Waals surface area contributed by atoms with Crippen LogP contribution >= 0.6 is 24.0 Å². The van der Waals surface area contributed by atoms with E-state index in [0.29, 0.717) is 5.41 Å². The average Bonchev–Trinajstić information content (AvgIpc) is 2.22. The minimum atomic E-state index is 0. The molecule has 0 aromatic heterocycles. The molecule has 0 saturated carbocycles. The molecule has 1 N–H and O–H groups in total. The van der Waals surface area contributed by atoms with Crippen LogP contribution < -0.4 is 5.32 Å². The largest absolute Gasteiger partial charge is 0.356 e. The van der Waals surface area contributed by atoms with Gasteiger partial charge in [-0.05, 0) is 20.3 Å². The lowest BCUT2D eigenvalue weighted by molar-refractivity contribution is -0.0667. The van der Waals surface area contributed by atoms with Gasteiger partial charge >= 0.3 is 0 Å². The minimum Gasteiger partial charge on any atom is -0.356 e. The number of unbranched alkanes of at least 4 members (excludes halogenated alkanes) is 1. The molecule has 0 amide bonds. The van der Waals surface area contributed by atoms with Gasteiger partial charge in [-0.15, -0.1) is 24.0 Å². The highest BCUT2D eigenvalue weighted by atomic mass is 127. The van der Waals surface area contributed by atoms with E-state index in [9.17, 15) is 0 Å². The maximum atomic E-state index is 4.37. The van der Waals surface area contributed by atoms with Crippen molar-refractivity contribution in [1.82, 2.24) is 10.2 Å². The molecule has 0 atom stereocenters. The van der Waals surface area contributed by atoms with E-state index in [1.165, 1.54) is 12.8 Å². The van der Waals surface area contributed by atoms with Crippen molar-refractivity contribution < 1.29 is 0 Å². The second-order valence-corrected chi connectivity index (χ2v) is 5.86. The van der Waals surface area contributed by atoms with Crippen molar-refractivity contribution in [3.05, 3.63) is 0 Å². The van der Waals surface area contributed by atoms with Gasteiger partial charge in [0.15, 0.2) is 5.96 Å². The summed E-state index contributed by atoms with van der Waals surface area (Å²) in [6, 6.07) is 0. The van der Waals surface area contributed by atoms with E-state index >= 15 is 0 Å². The molecule has 1 aliphatic rings. The van der Waals surface area contributed by atoms with Crippen LogP contribution in [0.15, 0.2) is 4.99 Å². The van der Waals surface area contributed by atoms with Crippen molar-refractivity contribution in [3.8, 4) is 0 Å². The van der Waals surface area contributed by atoms with Crippen LogP contribution in [-0.4, -0.2) is 36.5 Å². The first-order valence-corrected chi connectivity index (χ1v) is 6.35. The normalized spacial score (nSPS) is 21.5. The van der Waals surface area contributed by atoms with E-state index in [0.717, 1.165) is 19.0 Å². The molecule has 0 aromatic rings. The highest BCUT2D eigenvalue weighted by molar-refractivity contribution is 14.0. The summed E-state index contributed by atoms with van der Waals surface area (Å²) in [7, 11) is 1.87. The molecule has 3 nitrogen and oxygen atoms in total. The van der Waals surface area contributed by atoms with E-state index in [1.807, 2.05) is 7.05 Å². The number of rotatable bonds is 3. The zero-order valence-electron chi connectivity index (χ0n) is 12.1. The highest BCUT2D eigenvalue weighted by Crippen LogP contribution is 2.46. The number of hydrogen-bond acceptors (Lipinski definition) is 1. The Morgan fingerprint density at radius 2 is 1.88 bits per heavy atom. The van der Waals surface area contributed by atoms with Gasteiger partial charge in [0, 0.05) is 31.1 Å². The summed E-state index contributed by atoms with van der Waals surface area (Å²) < 4.78 is 0. The Hall–Kier alpha value is 0. The maximum Gasteiger partial charge on any atom is 0.194 e. The molecule has 0 aromatic carbocycles. The molecule has 0 radical (unpaired) electrons. The number of hydrogen-bond donors (Lipinski definition) is 1. The van der Waals surface area contributed by atoms with Crippen molar-refractivity contribution in [2.75, 3.05) is 20.1 Å². The maximum absolute atomic E-state index is 4.37. The summed E-state index contributed by atoms with van der Waals surface area (Å²) in [4.78, 5) is 6.75. The van der Waals surface area contributed by atoms with Gasteiger partial charge in [-0.1, -0.05) is 27.2 Å². The van der Waals surface area contributed by atoms with Crippen LogP contribution in [-0.2, 0) is 0 Å². The van der Waals surface area contributed by atoms with Crippen LogP contribution in [0.3, 0.4) is 0 Å². The first-order chi connectivity index (χ1) is 7.36. The molecule has 1 fully saturated rings. The Balaban J connectivity index is 0.00000256. The summed E-state index contributed by atoms with van der Waals surface area (Å²) in [5.41, 5.74) is 0.566. The van der Waals surface area contributed by atoms with Crippen molar-refractivity contribution in [2.24, 2.45) is 10.4 Å². The predicted molar refractivity (Wildman–Crippen MR) is 86.3 cm³/mol. The number of nitrogens with zero attached hydrogens (tertiary/aromatic N) is 2. The van der Waals surface area contributed by atoms with Gasteiger partial charge in [0.25, 0.3) is 0 Å². The fraction of sp³-hybridized carbons (Fsp3) is 0.923. The summed E-state index contributed by atoms with van der Waals surface area (Å²) in [6.45, 7) is 13.6. The molecule has 0 aliphatic carbocycles. The first kappa shape index (κ1) is 17.0. The number of aliphatic imine (C=N–C) groups is 1. The molecular formula is C13H28IN3. The van der Waals surface area contributed by atoms with Crippen molar-refractivity contribution >= 4 is 29.9 Å². The molecular weight excluding hydrogens is 325 g/mol. The predicted octanol–water partition coefficient (Wildman–Crippen LogP) is 3.10. The zero-order chi connectivity index (χ0) is 12.4. The Morgan fingerprint density at radius 3 is 2.24 bits per heavy atom. The summed E-state index contributed by atoms with van der Waals surface area (Å²) in [5.74, 6) is 1.05. The molecule has 1 heterocycles. The quantitative estimate of drug-likeness (QED) is 0.365. The number of halogens is 1. The van der Waals surface area contributed by atoms with Gasteiger partial charge in [-0.3, -0.25) is 4.99 Å². The summed E-state index contributed by atoms with van der Waals surface area (Å²) >= 11 is 0. The minimum absolute atomic E-state index is 0. The van der Waals surface area contributed by atoms with Gasteiger partial charge < -0.3 is 10.2 Å². The molecule has 1 aliphatic heterocycles. The topological polar surface area (TPSA) is 27.6 Å². The van der Waals surface area contributed by atoms with Gasteiger partial charge in [-0.25, -0.2) is 0 Å². The smallest absolute Gasteiger partial charge is 0.194 e. The SMILES string of the molecule is CCCCNC(=NC)N1CC(C)(C)C1(C)C.I. The fourth-order valence-electron chi connectivity index (χ4n) is 2.07. The van der Waals surface area contributed by atoms with Gasteiger partial charge in [0.1, 0.15) is 0 Å². The van der Waals surface area contributed by atoms with Crippen LogP contribution in [0.1, 0.15) is 47.5 Å². The van der Waals surface area contributed by atoms with E-state index in [-0.39, 0.29) is 29.5 Å². The van der Waals surface area contributed by atoms with E-state index in [2.05, 4.69) is 49.8 Å². The van der Waals surface area contributed by atoms with Crippen molar-refractivity contribution in [2.45, 2.75) is 53.0 Å². The van der Waals surface area contributed by atoms with Gasteiger partial charge in [0.05, 0.1) is 0 Å². The molecule has 1 rings (SSSR count). The number of guanidine groups is 1. The molecule has 102 valence electrons. The Morgan fingerprint density at radius 1 is 1.29 bits per heavy atom. The molecule has 1 saturated heterocycles. The lowest BCUT2D eigenvalue weighted by Gasteiger charge is -2.62. The Bertz CT molecular complexity index is 272. The monoisotopic (exact) mass is 353 g/mol. The van der Waals surface area contributed by atoms with Crippen LogP contribution in [0.25, 0.3) is 0 Å². The molecule has 17 heavy (non-hydrogen) atoms. The third-order valence-electron chi connectivity index (χ3n) is 4.17. The second kappa shape index (κ2) is 6.25. The number of nitrogens with one attached hydrogen (secondary N) is 1. The van der Waals surface area contributed by atoms with E-state index in [1.54, 1.807) is 0 Å². The Kier molecular flexibility index (Phi) is 6.25. The third-order valence-corrected chi connectivity index (χ3v) is 4.17. The summed E-state index contributed by atoms with van der Waals surface area (Å²) in [5, 5.41) is 3.44. The van der Waals surface area contributed by atoms with Crippen molar-refractivity contribution in [3.63, 3.8) is 0 Å². The van der Waals surface area contributed by atoms with Gasteiger partial charge in [-0.2, -0.15) is 0 Å². The molecule has 0 bridgehead atoms. The molecule has 0 unspecified atom stereocenters. The van der Waals surface area contributed by atoms with E-state index < -0.39 is 0 Å². The zero-order valence-corrected chi connectivity index (χ0v) is 14.5.